The molecule has 0 atom stereocenters. The van der Waals surface area contributed by atoms with Crippen LogP contribution in [0, 0.1) is 6.92 Å². The fourth-order valence-electron chi connectivity index (χ4n) is 4.83. The molecule has 0 radical (unpaired) electrons. The number of likely N-dealkylation sites (tertiary alicyclic amines) is 1. The third-order valence-corrected chi connectivity index (χ3v) is 6.81. The summed E-state index contributed by atoms with van der Waals surface area (Å²) in [6.45, 7) is 10.9. The number of piperazine rings is 1. The van der Waals surface area contributed by atoms with Crippen LogP contribution < -0.4 is 20.1 Å². The smallest absolute Gasteiger partial charge is 0.178 e. The van der Waals surface area contributed by atoms with Gasteiger partial charge in [0.05, 0.1) is 31.6 Å². The van der Waals surface area contributed by atoms with Gasteiger partial charge in [-0.05, 0) is 57.5 Å². The van der Waals surface area contributed by atoms with Crippen molar-refractivity contribution in [3.8, 4) is 23.0 Å². The van der Waals surface area contributed by atoms with Crippen LogP contribution in [0.5, 0.6) is 11.5 Å². The van der Waals surface area contributed by atoms with E-state index in [0.717, 1.165) is 79.7 Å². The van der Waals surface area contributed by atoms with Gasteiger partial charge in [0.2, 0.25) is 0 Å². The molecule has 2 fully saturated rings. The summed E-state index contributed by atoms with van der Waals surface area (Å²) in [5.41, 5.74) is 2.81. The molecule has 3 aromatic rings. The van der Waals surface area contributed by atoms with Crippen LogP contribution in [0.2, 0.25) is 0 Å². The molecule has 1 aromatic carbocycles. The minimum absolute atomic E-state index is 0.653. The van der Waals surface area contributed by atoms with Crippen molar-refractivity contribution in [1.82, 2.24) is 30.1 Å². The van der Waals surface area contributed by atoms with E-state index in [2.05, 4.69) is 25.4 Å². The first kappa shape index (κ1) is 23.8. The molecule has 2 aromatic heterocycles. The molecule has 9 nitrogen and oxygen atoms in total. The van der Waals surface area contributed by atoms with Crippen molar-refractivity contribution in [2.24, 2.45) is 0 Å². The molecule has 188 valence electrons. The van der Waals surface area contributed by atoms with Gasteiger partial charge in [0.15, 0.2) is 17.3 Å². The van der Waals surface area contributed by atoms with E-state index < -0.39 is 0 Å². The van der Waals surface area contributed by atoms with Gasteiger partial charge in [-0.1, -0.05) is 0 Å². The number of rotatable bonds is 10. The molecule has 5 rings (SSSR count). The number of fused-ring (bicyclic) bond motifs is 1. The number of hydrogen-bond donors (Lipinski definition) is 3. The van der Waals surface area contributed by atoms with E-state index in [1.165, 1.54) is 25.9 Å². The molecule has 0 bridgehead atoms. The predicted molar refractivity (Wildman–Crippen MR) is 139 cm³/mol. The summed E-state index contributed by atoms with van der Waals surface area (Å²) in [6.07, 6.45) is 3.62. The van der Waals surface area contributed by atoms with Crippen molar-refractivity contribution in [3.63, 3.8) is 0 Å². The SMILES string of the molecule is COc1cc2c(NCN3CCNCC3)nc(-c3ccc(C)[nH]3)nc2cc1OCCCN1CCCC1. The van der Waals surface area contributed by atoms with Crippen LogP contribution >= 0.6 is 0 Å². The third-order valence-electron chi connectivity index (χ3n) is 6.81. The normalized spacial score (nSPS) is 17.2. The van der Waals surface area contributed by atoms with Crippen molar-refractivity contribution >= 4 is 16.7 Å². The lowest BCUT2D eigenvalue weighted by atomic mass is 10.2. The van der Waals surface area contributed by atoms with Crippen LogP contribution in [0.15, 0.2) is 24.3 Å². The Labute approximate surface area is 207 Å². The van der Waals surface area contributed by atoms with Crippen LogP contribution in [0.25, 0.3) is 22.4 Å². The molecule has 2 aliphatic heterocycles. The fourth-order valence-corrected chi connectivity index (χ4v) is 4.83. The van der Waals surface area contributed by atoms with Crippen molar-refractivity contribution in [2.45, 2.75) is 26.2 Å². The second kappa shape index (κ2) is 11.2. The zero-order valence-corrected chi connectivity index (χ0v) is 20.9. The first-order valence-corrected chi connectivity index (χ1v) is 12.8. The van der Waals surface area contributed by atoms with Crippen LogP contribution in [0.3, 0.4) is 0 Å². The number of hydrogen-bond acceptors (Lipinski definition) is 8. The van der Waals surface area contributed by atoms with Gasteiger partial charge >= 0.3 is 0 Å². The zero-order valence-electron chi connectivity index (χ0n) is 20.9. The Balaban J connectivity index is 1.40. The number of methoxy groups -OCH3 is 1. The minimum Gasteiger partial charge on any atom is -0.493 e. The van der Waals surface area contributed by atoms with E-state index >= 15 is 0 Å². The Morgan fingerprint density at radius 2 is 1.83 bits per heavy atom. The molecule has 3 N–H and O–H groups in total. The monoisotopic (exact) mass is 479 g/mol. The summed E-state index contributed by atoms with van der Waals surface area (Å²) in [4.78, 5) is 18.0. The van der Waals surface area contributed by atoms with Gasteiger partial charge in [-0.25, -0.2) is 9.97 Å². The van der Waals surface area contributed by atoms with E-state index in [-0.39, 0.29) is 0 Å². The Hall–Kier alpha value is -2.88. The van der Waals surface area contributed by atoms with E-state index in [1.54, 1.807) is 7.11 Å². The summed E-state index contributed by atoms with van der Waals surface area (Å²) < 4.78 is 11.9. The molecule has 0 amide bonds. The van der Waals surface area contributed by atoms with Gasteiger partial charge in [-0.15, -0.1) is 0 Å². The Kier molecular flexibility index (Phi) is 7.66. The highest BCUT2D eigenvalue weighted by molar-refractivity contribution is 5.93. The van der Waals surface area contributed by atoms with E-state index in [4.69, 9.17) is 19.4 Å². The van der Waals surface area contributed by atoms with Gasteiger partial charge in [0, 0.05) is 49.9 Å². The fraction of sp³-hybridized carbons (Fsp3) is 0.538. The first-order chi connectivity index (χ1) is 17.2. The van der Waals surface area contributed by atoms with E-state index in [1.807, 2.05) is 31.2 Å². The molecule has 0 aliphatic carbocycles. The maximum absolute atomic E-state index is 6.19. The van der Waals surface area contributed by atoms with Gasteiger partial charge in [-0.3, -0.25) is 4.90 Å². The van der Waals surface area contributed by atoms with Gasteiger partial charge in [0.1, 0.15) is 5.82 Å². The summed E-state index contributed by atoms with van der Waals surface area (Å²) in [5, 5.41) is 7.89. The Morgan fingerprint density at radius 1 is 1.00 bits per heavy atom. The highest BCUT2D eigenvalue weighted by Crippen LogP contribution is 2.35. The number of anilines is 1. The number of nitrogens with one attached hydrogen (secondary N) is 3. The van der Waals surface area contributed by atoms with Crippen LogP contribution in [0.1, 0.15) is 25.0 Å². The number of aromatic nitrogens is 3. The van der Waals surface area contributed by atoms with Crippen LogP contribution in [-0.4, -0.2) is 91.0 Å². The molecular formula is C26H37N7O2. The highest BCUT2D eigenvalue weighted by atomic mass is 16.5. The minimum atomic E-state index is 0.653. The molecule has 35 heavy (non-hydrogen) atoms. The highest BCUT2D eigenvalue weighted by Gasteiger charge is 2.17. The average molecular weight is 480 g/mol. The third kappa shape index (κ3) is 5.86. The van der Waals surface area contributed by atoms with Gasteiger partial charge in [0.25, 0.3) is 0 Å². The van der Waals surface area contributed by atoms with Crippen molar-refractivity contribution in [2.75, 3.05) is 71.5 Å². The molecule has 2 aliphatic rings. The van der Waals surface area contributed by atoms with Crippen molar-refractivity contribution in [3.05, 3.63) is 30.0 Å². The summed E-state index contributed by atoms with van der Waals surface area (Å²) in [6, 6.07) is 8.05. The van der Waals surface area contributed by atoms with Crippen molar-refractivity contribution < 1.29 is 9.47 Å². The molecule has 4 heterocycles. The first-order valence-electron chi connectivity index (χ1n) is 12.8. The average Bonchev–Trinajstić information content (AvgIpc) is 3.57. The number of nitrogens with zero attached hydrogens (tertiary/aromatic N) is 4. The van der Waals surface area contributed by atoms with E-state index in [9.17, 15) is 0 Å². The second-order valence-electron chi connectivity index (χ2n) is 9.42. The summed E-state index contributed by atoms with van der Waals surface area (Å²) >= 11 is 0. The Morgan fingerprint density at radius 3 is 2.57 bits per heavy atom. The second-order valence-corrected chi connectivity index (χ2v) is 9.42. The number of aryl methyl sites for hydroxylation is 1. The molecular weight excluding hydrogens is 442 g/mol. The number of aromatic amines is 1. The van der Waals surface area contributed by atoms with Gasteiger partial charge in [-0.2, -0.15) is 0 Å². The molecule has 0 unspecified atom stereocenters. The molecule has 2 saturated heterocycles. The lowest BCUT2D eigenvalue weighted by Crippen LogP contribution is -2.45. The number of benzene rings is 1. The largest absolute Gasteiger partial charge is 0.493 e. The Bertz CT molecular complexity index is 1120. The topological polar surface area (TPSA) is 90.6 Å². The van der Waals surface area contributed by atoms with E-state index in [0.29, 0.717) is 18.2 Å². The lowest BCUT2D eigenvalue weighted by molar-refractivity contribution is 0.254. The van der Waals surface area contributed by atoms with Crippen LogP contribution in [0.4, 0.5) is 5.82 Å². The number of ether oxygens (including phenoxy) is 2. The standard InChI is InChI=1S/C26H37N7O2/c1-19-6-7-21(29-19)26-30-22-17-24(35-15-5-12-32-10-3-4-11-32)23(34-2)16-20(22)25(31-26)28-18-33-13-8-27-9-14-33/h6-7,16-17,27,29H,3-5,8-15,18H2,1-2H3,(H,28,30,31). The quantitative estimate of drug-likeness (QED) is 0.382. The summed E-state index contributed by atoms with van der Waals surface area (Å²) in [5.74, 6) is 2.89. The molecule has 9 heteroatoms. The maximum atomic E-state index is 6.19. The zero-order chi connectivity index (χ0) is 24.0. The molecule has 0 spiro atoms. The lowest BCUT2D eigenvalue weighted by Gasteiger charge is -2.27. The summed E-state index contributed by atoms with van der Waals surface area (Å²) in [7, 11) is 1.68. The molecule has 0 saturated carbocycles. The predicted octanol–water partition coefficient (Wildman–Crippen LogP) is 3.08. The van der Waals surface area contributed by atoms with Crippen molar-refractivity contribution in [1.29, 1.82) is 0 Å². The van der Waals surface area contributed by atoms with Gasteiger partial charge < -0.3 is 30.0 Å². The van der Waals surface area contributed by atoms with Crippen LogP contribution in [-0.2, 0) is 0 Å². The maximum Gasteiger partial charge on any atom is 0.178 e. The number of H-pyrrole nitrogens is 1.